The molecule has 0 nitrogen and oxygen atoms in total. The number of rotatable bonds is 0. The van der Waals surface area contributed by atoms with E-state index in [2.05, 4.69) is 20.8 Å². The summed E-state index contributed by atoms with van der Waals surface area (Å²) in [6.07, 6.45) is 2.86. The highest BCUT2D eigenvalue weighted by Crippen LogP contribution is 2.90. The Bertz CT molecular complexity index is 245. The zero-order valence-corrected chi connectivity index (χ0v) is 8.41. The topological polar surface area (TPSA) is 0 Å². The molecule has 0 radical (unpaired) electrons. The molecular weight excluding hydrogens is 152 g/mol. The van der Waals surface area contributed by atoms with E-state index in [-0.39, 0.29) is 0 Å². The Labute approximate surface area is 74.2 Å². The van der Waals surface area contributed by atoms with Crippen LogP contribution in [0.4, 0.5) is 0 Å². The molecule has 0 heterocycles. The van der Waals surface area contributed by atoms with E-state index in [9.17, 15) is 0 Å². The molecule has 0 aromatic rings. The Morgan fingerprint density at radius 1 is 1.27 bits per heavy atom. The minimum atomic E-state index is 0.459. The Morgan fingerprint density at radius 3 is 2.00 bits per heavy atom. The van der Waals surface area contributed by atoms with Gasteiger partial charge in [0, 0.05) is 4.75 Å². The van der Waals surface area contributed by atoms with Crippen LogP contribution in [0.1, 0.15) is 33.6 Å². The Hall–Kier alpha value is 0.350. The fraction of sp³-hybridized carbons (Fsp3) is 1.00. The van der Waals surface area contributed by atoms with Crippen molar-refractivity contribution >= 4 is 12.6 Å². The molecule has 1 heteroatoms. The number of hydrogen-bond acceptors (Lipinski definition) is 1. The fourth-order valence-corrected chi connectivity index (χ4v) is 5.24. The molecule has 4 aliphatic rings. The van der Waals surface area contributed by atoms with E-state index in [1.807, 2.05) is 0 Å². The molecule has 4 aliphatic carbocycles. The number of hydrogen-bond donors (Lipinski definition) is 1. The van der Waals surface area contributed by atoms with Crippen molar-refractivity contribution in [3.63, 3.8) is 0 Å². The van der Waals surface area contributed by atoms with Crippen molar-refractivity contribution < 1.29 is 0 Å². The molecule has 1 unspecified atom stereocenters. The van der Waals surface area contributed by atoms with Crippen LogP contribution in [0.2, 0.25) is 0 Å². The highest BCUT2D eigenvalue weighted by molar-refractivity contribution is 7.82. The van der Waals surface area contributed by atoms with E-state index in [1.54, 1.807) is 0 Å². The van der Waals surface area contributed by atoms with Gasteiger partial charge in [0.05, 0.1) is 0 Å². The maximum absolute atomic E-state index is 4.86. The molecule has 62 valence electrons. The summed E-state index contributed by atoms with van der Waals surface area (Å²) < 4.78 is 0.459. The van der Waals surface area contributed by atoms with Crippen LogP contribution in [0.5, 0.6) is 0 Å². The lowest BCUT2D eigenvalue weighted by Gasteiger charge is -2.29. The van der Waals surface area contributed by atoms with Crippen LogP contribution in [0.3, 0.4) is 0 Å². The van der Waals surface area contributed by atoms with Gasteiger partial charge in [-0.3, -0.25) is 0 Å². The Kier molecular flexibility index (Phi) is 0.808. The fourth-order valence-electron chi connectivity index (χ4n) is 4.28. The second-order valence-electron chi connectivity index (χ2n) is 5.54. The quantitative estimate of drug-likeness (QED) is 0.528. The van der Waals surface area contributed by atoms with Gasteiger partial charge in [0.15, 0.2) is 0 Å². The average molecular weight is 168 g/mol. The summed E-state index contributed by atoms with van der Waals surface area (Å²) in [5, 5.41) is 0. The lowest BCUT2D eigenvalue weighted by atomic mass is 9.76. The molecule has 0 aromatic heterocycles. The van der Waals surface area contributed by atoms with Crippen LogP contribution in [0.15, 0.2) is 0 Å². The first-order valence-corrected chi connectivity index (χ1v) is 5.12. The largest absolute Gasteiger partial charge is 0.172 e. The normalized spacial score (nSPS) is 68.7. The summed E-state index contributed by atoms with van der Waals surface area (Å²) in [7, 11) is 0. The summed E-state index contributed by atoms with van der Waals surface area (Å²) in [6.45, 7) is 7.35. The summed E-state index contributed by atoms with van der Waals surface area (Å²) in [5.41, 5.74) is 1.17. The summed E-state index contributed by atoms with van der Waals surface area (Å²) in [4.78, 5) is 0. The maximum atomic E-state index is 4.86. The smallest absolute Gasteiger partial charge is 0.0228 e. The van der Waals surface area contributed by atoms with Crippen molar-refractivity contribution in [3.05, 3.63) is 0 Å². The third kappa shape index (κ3) is 0.384. The molecule has 0 aromatic carbocycles. The molecular formula is C10H16S. The van der Waals surface area contributed by atoms with Crippen LogP contribution in [0, 0.1) is 22.7 Å². The second-order valence-corrected chi connectivity index (χ2v) is 6.34. The van der Waals surface area contributed by atoms with E-state index in [1.165, 1.54) is 12.8 Å². The van der Waals surface area contributed by atoms with Crippen molar-refractivity contribution in [2.24, 2.45) is 22.7 Å². The SMILES string of the molecule is CC1(C)[C@@H]2CC3[C@@](S)(C2)[C@]31C. The van der Waals surface area contributed by atoms with E-state index in [0.29, 0.717) is 15.6 Å². The molecule has 4 rings (SSSR count). The first kappa shape index (κ1) is 6.82. The van der Waals surface area contributed by atoms with Crippen LogP contribution in [-0.2, 0) is 0 Å². The second kappa shape index (κ2) is 1.30. The predicted octanol–water partition coefficient (Wildman–Crippen LogP) is 2.74. The van der Waals surface area contributed by atoms with E-state index >= 15 is 0 Å². The summed E-state index contributed by atoms with van der Waals surface area (Å²) in [6, 6.07) is 0. The highest BCUT2D eigenvalue weighted by Gasteiger charge is 2.87. The van der Waals surface area contributed by atoms with Gasteiger partial charge in [0.1, 0.15) is 0 Å². The van der Waals surface area contributed by atoms with Crippen LogP contribution >= 0.6 is 12.6 Å². The van der Waals surface area contributed by atoms with Crippen molar-refractivity contribution in [1.29, 1.82) is 0 Å². The molecule has 0 saturated heterocycles. The van der Waals surface area contributed by atoms with E-state index in [0.717, 1.165) is 11.8 Å². The zero-order chi connectivity index (χ0) is 8.07. The molecule has 0 N–H and O–H groups in total. The first-order chi connectivity index (χ1) is 4.94. The van der Waals surface area contributed by atoms with Gasteiger partial charge in [-0.1, -0.05) is 20.8 Å². The predicted molar refractivity (Wildman–Crippen MR) is 49.8 cm³/mol. The number of thiol groups is 1. The van der Waals surface area contributed by atoms with Crippen molar-refractivity contribution in [3.8, 4) is 0 Å². The van der Waals surface area contributed by atoms with Gasteiger partial charge in [0.25, 0.3) is 0 Å². The molecule has 4 bridgehead atoms. The third-order valence-electron chi connectivity index (χ3n) is 5.53. The Balaban J connectivity index is 2.20. The van der Waals surface area contributed by atoms with Crippen LogP contribution in [0.25, 0.3) is 0 Å². The van der Waals surface area contributed by atoms with Gasteiger partial charge in [-0.2, -0.15) is 12.6 Å². The zero-order valence-electron chi connectivity index (χ0n) is 7.52. The molecule has 4 saturated carbocycles. The molecule has 0 aliphatic heterocycles. The van der Waals surface area contributed by atoms with Gasteiger partial charge in [-0.25, -0.2) is 0 Å². The third-order valence-corrected chi connectivity index (χ3v) is 6.49. The lowest BCUT2D eigenvalue weighted by Crippen LogP contribution is -2.23. The van der Waals surface area contributed by atoms with E-state index in [4.69, 9.17) is 12.6 Å². The van der Waals surface area contributed by atoms with Gasteiger partial charge < -0.3 is 0 Å². The average Bonchev–Trinajstić information content (AvgIpc) is 2.29. The first-order valence-electron chi connectivity index (χ1n) is 4.67. The maximum Gasteiger partial charge on any atom is 0.0228 e. The van der Waals surface area contributed by atoms with Gasteiger partial charge in [-0.05, 0) is 35.5 Å². The van der Waals surface area contributed by atoms with Gasteiger partial charge >= 0.3 is 0 Å². The van der Waals surface area contributed by atoms with Crippen molar-refractivity contribution in [1.82, 2.24) is 0 Å². The summed E-state index contributed by atoms with van der Waals surface area (Å²) in [5.74, 6) is 1.94. The molecule has 0 amide bonds. The molecule has 11 heavy (non-hydrogen) atoms. The lowest BCUT2D eigenvalue weighted by molar-refractivity contribution is 0.201. The molecule has 4 atom stereocenters. The highest BCUT2D eigenvalue weighted by atomic mass is 32.1. The van der Waals surface area contributed by atoms with Crippen LogP contribution in [-0.4, -0.2) is 4.75 Å². The minimum Gasteiger partial charge on any atom is -0.172 e. The van der Waals surface area contributed by atoms with Crippen LogP contribution < -0.4 is 0 Å². The standard InChI is InChI=1S/C10H16S/c1-8(2)6-4-7-9(8,3)10(7,11)5-6/h6-7,11H,4-5H2,1-3H3/t6-,7?,9-,10+/m1/s1. The molecule has 4 fully saturated rings. The monoisotopic (exact) mass is 168 g/mol. The van der Waals surface area contributed by atoms with Gasteiger partial charge in [0.2, 0.25) is 0 Å². The van der Waals surface area contributed by atoms with Crippen molar-refractivity contribution in [2.75, 3.05) is 0 Å². The van der Waals surface area contributed by atoms with E-state index < -0.39 is 0 Å². The van der Waals surface area contributed by atoms with Crippen molar-refractivity contribution in [2.45, 2.75) is 38.4 Å². The molecule has 0 spiro atoms. The summed E-state index contributed by atoms with van der Waals surface area (Å²) >= 11 is 4.86. The van der Waals surface area contributed by atoms with Gasteiger partial charge in [-0.15, -0.1) is 0 Å². The Morgan fingerprint density at radius 2 is 1.91 bits per heavy atom. The minimum absolute atomic E-state index is 0.459.